The Morgan fingerprint density at radius 2 is 1.48 bits per heavy atom. The topological polar surface area (TPSA) is 62.9 Å². The van der Waals surface area contributed by atoms with Gasteiger partial charge in [0.05, 0.1) is 46.2 Å². The summed E-state index contributed by atoms with van der Waals surface area (Å²) in [6.45, 7) is 3.43. The third-order valence-electron chi connectivity index (χ3n) is 2.81. The summed E-state index contributed by atoms with van der Waals surface area (Å²) >= 11 is 0. The van der Waals surface area contributed by atoms with Crippen molar-refractivity contribution in [3.63, 3.8) is 0 Å². The first kappa shape index (κ1) is 18.0. The molecule has 1 rings (SSSR count). The lowest BCUT2D eigenvalue weighted by Crippen LogP contribution is -2.11. The van der Waals surface area contributed by atoms with E-state index in [9.17, 15) is 4.39 Å². The molecule has 0 radical (unpaired) electrons. The smallest absolute Gasteiger partial charge is 0.133 e. The van der Waals surface area contributed by atoms with Crippen LogP contribution < -0.4 is 5.73 Å². The van der Waals surface area contributed by atoms with Crippen LogP contribution in [0.2, 0.25) is 0 Å². The quantitative estimate of drug-likeness (QED) is 0.593. The number of rotatable bonds is 12. The SMILES string of the molecule is COCCOCCOCCOCc1cccc(CN)c1F. The average molecular weight is 301 g/mol. The van der Waals surface area contributed by atoms with E-state index in [0.29, 0.717) is 50.8 Å². The maximum Gasteiger partial charge on any atom is 0.133 e. The lowest BCUT2D eigenvalue weighted by Gasteiger charge is -2.09. The van der Waals surface area contributed by atoms with Gasteiger partial charge in [-0.15, -0.1) is 0 Å². The molecule has 0 fully saturated rings. The van der Waals surface area contributed by atoms with Crippen molar-refractivity contribution in [3.05, 3.63) is 35.1 Å². The molecule has 0 saturated heterocycles. The maximum atomic E-state index is 13.8. The zero-order chi connectivity index (χ0) is 15.3. The molecule has 0 amide bonds. The van der Waals surface area contributed by atoms with E-state index in [-0.39, 0.29) is 19.0 Å². The predicted molar refractivity (Wildman–Crippen MR) is 77.5 cm³/mol. The van der Waals surface area contributed by atoms with E-state index < -0.39 is 0 Å². The normalized spacial score (nSPS) is 11.0. The van der Waals surface area contributed by atoms with E-state index >= 15 is 0 Å². The highest BCUT2D eigenvalue weighted by molar-refractivity contribution is 5.25. The zero-order valence-corrected chi connectivity index (χ0v) is 12.5. The van der Waals surface area contributed by atoms with Crippen LogP contribution in [0.4, 0.5) is 4.39 Å². The highest BCUT2D eigenvalue weighted by Gasteiger charge is 2.06. The van der Waals surface area contributed by atoms with Crippen LogP contribution in [0.5, 0.6) is 0 Å². The first-order chi connectivity index (χ1) is 10.3. The Balaban J connectivity index is 2.04. The molecular weight excluding hydrogens is 277 g/mol. The second-order valence-corrected chi connectivity index (χ2v) is 4.36. The Morgan fingerprint density at radius 1 is 0.905 bits per heavy atom. The number of benzene rings is 1. The van der Waals surface area contributed by atoms with E-state index in [1.54, 1.807) is 25.3 Å². The van der Waals surface area contributed by atoms with E-state index in [1.807, 2.05) is 0 Å². The summed E-state index contributed by atoms with van der Waals surface area (Å²) in [7, 11) is 1.63. The number of ether oxygens (including phenoxy) is 4. The molecule has 0 aliphatic rings. The fraction of sp³-hybridized carbons (Fsp3) is 0.600. The number of hydrogen-bond donors (Lipinski definition) is 1. The Morgan fingerprint density at radius 3 is 2.10 bits per heavy atom. The fourth-order valence-corrected chi connectivity index (χ4v) is 1.67. The van der Waals surface area contributed by atoms with Crippen LogP contribution in [0.3, 0.4) is 0 Å². The molecule has 0 saturated carbocycles. The average Bonchev–Trinajstić information content (AvgIpc) is 2.50. The molecule has 0 aliphatic heterocycles. The van der Waals surface area contributed by atoms with Gasteiger partial charge in [0, 0.05) is 24.8 Å². The first-order valence-corrected chi connectivity index (χ1v) is 6.98. The van der Waals surface area contributed by atoms with Gasteiger partial charge in [-0.2, -0.15) is 0 Å². The molecule has 5 nitrogen and oxygen atoms in total. The molecule has 0 atom stereocenters. The van der Waals surface area contributed by atoms with Crippen molar-refractivity contribution in [2.45, 2.75) is 13.2 Å². The van der Waals surface area contributed by atoms with E-state index in [2.05, 4.69) is 0 Å². The van der Waals surface area contributed by atoms with Crippen molar-refractivity contribution in [3.8, 4) is 0 Å². The second-order valence-electron chi connectivity index (χ2n) is 4.36. The van der Waals surface area contributed by atoms with Gasteiger partial charge in [-0.3, -0.25) is 0 Å². The lowest BCUT2D eigenvalue weighted by atomic mass is 10.1. The van der Waals surface area contributed by atoms with Crippen LogP contribution >= 0.6 is 0 Å². The lowest BCUT2D eigenvalue weighted by molar-refractivity contribution is 0.000538. The number of halogens is 1. The minimum Gasteiger partial charge on any atom is -0.382 e. The van der Waals surface area contributed by atoms with Gasteiger partial charge in [0.1, 0.15) is 5.82 Å². The van der Waals surface area contributed by atoms with Crippen molar-refractivity contribution in [2.24, 2.45) is 5.73 Å². The van der Waals surface area contributed by atoms with Crippen molar-refractivity contribution in [2.75, 3.05) is 46.8 Å². The molecule has 120 valence electrons. The minimum atomic E-state index is -0.285. The van der Waals surface area contributed by atoms with E-state index in [0.717, 1.165) is 0 Å². The minimum absolute atomic E-state index is 0.186. The van der Waals surface area contributed by atoms with Gasteiger partial charge >= 0.3 is 0 Å². The van der Waals surface area contributed by atoms with E-state index in [1.165, 1.54) is 0 Å². The first-order valence-electron chi connectivity index (χ1n) is 6.98. The van der Waals surface area contributed by atoms with Gasteiger partial charge in [0.2, 0.25) is 0 Å². The summed E-state index contributed by atoms with van der Waals surface area (Å²) in [6, 6.07) is 5.14. The van der Waals surface area contributed by atoms with E-state index in [4.69, 9.17) is 24.7 Å². The molecule has 0 bridgehead atoms. The molecule has 6 heteroatoms. The Bertz CT molecular complexity index is 390. The Hall–Kier alpha value is -1.05. The standard InChI is InChI=1S/C15H24FNO4/c1-18-5-6-19-7-8-20-9-10-21-12-14-4-2-3-13(11-17)15(14)16/h2-4H,5-12,17H2,1H3. The Labute approximate surface area is 125 Å². The molecule has 1 aromatic carbocycles. The third kappa shape index (κ3) is 7.50. The molecule has 0 heterocycles. The van der Waals surface area contributed by atoms with Crippen LogP contribution in [0.15, 0.2) is 18.2 Å². The second kappa shape index (κ2) is 11.6. The molecule has 0 aliphatic carbocycles. The third-order valence-corrected chi connectivity index (χ3v) is 2.81. The molecule has 1 aromatic rings. The largest absolute Gasteiger partial charge is 0.382 e. The molecule has 21 heavy (non-hydrogen) atoms. The van der Waals surface area contributed by atoms with Crippen molar-refractivity contribution in [1.82, 2.24) is 0 Å². The molecule has 0 aromatic heterocycles. The molecule has 0 spiro atoms. The maximum absolute atomic E-state index is 13.8. The summed E-state index contributed by atoms with van der Waals surface area (Å²) in [5.74, 6) is -0.285. The number of methoxy groups -OCH3 is 1. The Kier molecular flexibility index (Phi) is 9.94. The summed E-state index contributed by atoms with van der Waals surface area (Å²) in [6.07, 6.45) is 0. The summed E-state index contributed by atoms with van der Waals surface area (Å²) < 4.78 is 34.6. The van der Waals surface area contributed by atoms with Crippen LogP contribution in [-0.4, -0.2) is 46.8 Å². The van der Waals surface area contributed by atoms with Crippen LogP contribution in [0, 0.1) is 5.82 Å². The van der Waals surface area contributed by atoms with Gasteiger partial charge in [-0.25, -0.2) is 4.39 Å². The van der Waals surface area contributed by atoms with Crippen molar-refractivity contribution >= 4 is 0 Å². The summed E-state index contributed by atoms with van der Waals surface area (Å²) in [4.78, 5) is 0. The number of nitrogens with two attached hydrogens (primary N) is 1. The number of hydrogen-bond acceptors (Lipinski definition) is 5. The zero-order valence-electron chi connectivity index (χ0n) is 12.5. The highest BCUT2D eigenvalue weighted by Crippen LogP contribution is 2.13. The fourth-order valence-electron chi connectivity index (χ4n) is 1.67. The van der Waals surface area contributed by atoms with Crippen LogP contribution in [0.25, 0.3) is 0 Å². The van der Waals surface area contributed by atoms with Crippen LogP contribution in [0.1, 0.15) is 11.1 Å². The van der Waals surface area contributed by atoms with Crippen molar-refractivity contribution in [1.29, 1.82) is 0 Å². The summed E-state index contributed by atoms with van der Waals surface area (Å²) in [5.41, 5.74) is 6.47. The summed E-state index contributed by atoms with van der Waals surface area (Å²) in [5, 5.41) is 0. The van der Waals surface area contributed by atoms with Gasteiger partial charge in [-0.05, 0) is 0 Å². The van der Waals surface area contributed by atoms with Gasteiger partial charge in [-0.1, -0.05) is 18.2 Å². The predicted octanol–water partition coefficient (Wildman–Crippen LogP) is 1.48. The van der Waals surface area contributed by atoms with Crippen LogP contribution in [-0.2, 0) is 32.1 Å². The monoisotopic (exact) mass is 301 g/mol. The molecular formula is C15H24FNO4. The van der Waals surface area contributed by atoms with Gasteiger partial charge in [0.25, 0.3) is 0 Å². The highest BCUT2D eigenvalue weighted by atomic mass is 19.1. The van der Waals surface area contributed by atoms with Crippen molar-refractivity contribution < 1.29 is 23.3 Å². The molecule has 2 N–H and O–H groups in total. The van der Waals surface area contributed by atoms with Gasteiger partial charge < -0.3 is 24.7 Å². The van der Waals surface area contributed by atoms with Gasteiger partial charge in [0.15, 0.2) is 0 Å². The molecule has 0 unspecified atom stereocenters.